The van der Waals surface area contributed by atoms with Crippen LogP contribution in [0, 0.1) is 6.92 Å². The summed E-state index contributed by atoms with van der Waals surface area (Å²) in [5.74, 6) is -1.79. The van der Waals surface area contributed by atoms with Gasteiger partial charge in [0.15, 0.2) is 0 Å². The zero-order valence-corrected chi connectivity index (χ0v) is 16.0. The van der Waals surface area contributed by atoms with Crippen molar-refractivity contribution >= 4 is 21.9 Å². The van der Waals surface area contributed by atoms with Gasteiger partial charge in [0.05, 0.1) is 18.1 Å². The first kappa shape index (κ1) is 21.1. The van der Waals surface area contributed by atoms with E-state index in [2.05, 4.69) is 11.9 Å². The number of carboxylic acid groups (broad SMARTS) is 1. The quantitative estimate of drug-likeness (QED) is 0.638. The summed E-state index contributed by atoms with van der Waals surface area (Å²) in [4.78, 5) is 23.8. The minimum atomic E-state index is -3.76. The highest BCUT2D eigenvalue weighted by Gasteiger charge is 2.29. The van der Waals surface area contributed by atoms with Crippen molar-refractivity contribution in [2.75, 3.05) is 26.3 Å². The molecule has 2 rings (SSSR count). The third-order valence-electron chi connectivity index (χ3n) is 4.30. The number of carbonyl (C=O) groups excluding carboxylic acids is 1. The molecule has 1 aromatic rings. The molecule has 27 heavy (non-hydrogen) atoms. The van der Waals surface area contributed by atoms with E-state index in [0.717, 1.165) is 0 Å². The van der Waals surface area contributed by atoms with Crippen LogP contribution in [-0.2, 0) is 19.6 Å². The van der Waals surface area contributed by atoms with Crippen molar-refractivity contribution in [1.82, 2.24) is 9.62 Å². The summed E-state index contributed by atoms with van der Waals surface area (Å²) in [6.07, 6.45) is 2.21. The first-order valence-corrected chi connectivity index (χ1v) is 10.0. The molecule has 1 atom stereocenters. The number of benzene rings is 1. The number of carbonyl (C=O) groups is 2. The van der Waals surface area contributed by atoms with Gasteiger partial charge in [-0.05, 0) is 37.5 Å². The van der Waals surface area contributed by atoms with Crippen LogP contribution < -0.4 is 5.32 Å². The number of hydrogen-bond acceptors (Lipinski definition) is 5. The third-order valence-corrected chi connectivity index (χ3v) is 6.34. The zero-order valence-electron chi connectivity index (χ0n) is 15.2. The van der Waals surface area contributed by atoms with Crippen LogP contribution in [0.2, 0.25) is 0 Å². The third kappa shape index (κ3) is 5.15. The Morgan fingerprint density at radius 3 is 2.63 bits per heavy atom. The van der Waals surface area contributed by atoms with E-state index >= 15 is 0 Å². The van der Waals surface area contributed by atoms with Gasteiger partial charge < -0.3 is 15.2 Å². The second-order valence-corrected chi connectivity index (χ2v) is 8.13. The fourth-order valence-electron chi connectivity index (χ4n) is 2.73. The minimum absolute atomic E-state index is 0.0371. The molecule has 1 saturated heterocycles. The first-order valence-electron chi connectivity index (χ1n) is 8.60. The fraction of sp³-hybridized carbons (Fsp3) is 0.444. The molecule has 1 aliphatic rings. The molecule has 1 heterocycles. The number of allylic oxidation sites excluding steroid dienone is 1. The van der Waals surface area contributed by atoms with E-state index in [0.29, 0.717) is 25.2 Å². The average Bonchev–Trinajstić information content (AvgIpc) is 2.65. The molecule has 0 aromatic heterocycles. The van der Waals surface area contributed by atoms with Gasteiger partial charge in [0, 0.05) is 18.7 Å². The summed E-state index contributed by atoms with van der Waals surface area (Å²) in [5, 5.41) is 11.7. The van der Waals surface area contributed by atoms with E-state index in [4.69, 9.17) is 4.74 Å². The summed E-state index contributed by atoms with van der Waals surface area (Å²) in [7, 11) is -3.76. The lowest BCUT2D eigenvalue weighted by Gasteiger charge is -2.26. The lowest BCUT2D eigenvalue weighted by Crippen LogP contribution is -2.41. The van der Waals surface area contributed by atoms with Crippen LogP contribution in [0.25, 0.3) is 0 Å². The zero-order chi connectivity index (χ0) is 20.0. The Hall–Kier alpha value is -2.23. The van der Waals surface area contributed by atoms with E-state index in [1.807, 2.05) is 0 Å². The molecule has 148 valence electrons. The van der Waals surface area contributed by atoms with Crippen LogP contribution in [0.5, 0.6) is 0 Å². The largest absolute Gasteiger partial charge is 0.480 e. The van der Waals surface area contributed by atoms with Gasteiger partial charge in [-0.3, -0.25) is 4.79 Å². The lowest BCUT2D eigenvalue weighted by molar-refractivity contribution is -0.139. The van der Waals surface area contributed by atoms with E-state index in [1.165, 1.54) is 16.4 Å². The summed E-state index contributed by atoms with van der Waals surface area (Å²) < 4.78 is 32.3. The van der Waals surface area contributed by atoms with Gasteiger partial charge in [0.2, 0.25) is 10.0 Å². The number of amides is 1. The maximum absolute atomic E-state index is 12.9. The Kier molecular flexibility index (Phi) is 7.11. The second kappa shape index (κ2) is 9.12. The predicted octanol–water partition coefficient (Wildman–Crippen LogP) is 1.17. The van der Waals surface area contributed by atoms with Crippen LogP contribution in [0.15, 0.2) is 35.7 Å². The smallest absolute Gasteiger partial charge is 0.326 e. The molecule has 1 aliphatic heterocycles. The molecule has 0 spiro atoms. The molecule has 0 saturated carbocycles. The molecule has 1 amide bonds. The monoisotopic (exact) mass is 396 g/mol. The Labute approximate surface area is 158 Å². The number of rotatable bonds is 8. The summed E-state index contributed by atoms with van der Waals surface area (Å²) in [6.45, 7) is 6.33. The van der Waals surface area contributed by atoms with Crippen molar-refractivity contribution in [2.24, 2.45) is 0 Å². The number of nitrogens with one attached hydrogen (secondary N) is 1. The standard InChI is InChI=1S/C18H24N2O6S/c1-3-4-5-15(18(22)23)19-17(21)14-7-6-13(2)16(12-14)27(24,25)20-8-10-26-11-9-20/h3,6-7,12,15H,1,4-5,8-11H2,2H3,(H,19,21)(H,22,23). The van der Waals surface area contributed by atoms with Crippen LogP contribution in [-0.4, -0.2) is 62.1 Å². The highest BCUT2D eigenvalue weighted by atomic mass is 32.2. The molecule has 1 unspecified atom stereocenters. The van der Waals surface area contributed by atoms with Gasteiger partial charge in [-0.2, -0.15) is 4.31 Å². The van der Waals surface area contributed by atoms with Gasteiger partial charge in [-0.1, -0.05) is 12.1 Å². The van der Waals surface area contributed by atoms with Crippen molar-refractivity contribution in [2.45, 2.75) is 30.7 Å². The number of aryl methyl sites for hydroxylation is 1. The number of sulfonamides is 1. The van der Waals surface area contributed by atoms with Crippen LogP contribution in [0.1, 0.15) is 28.8 Å². The summed E-state index contributed by atoms with van der Waals surface area (Å²) in [5.41, 5.74) is 0.608. The van der Waals surface area contributed by atoms with Crippen molar-refractivity contribution in [3.05, 3.63) is 42.0 Å². The lowest BCUT2D eigenvalue weighted by atomic mass is 10.1. The van der Waals surface area contributed by atoms with Crippen LogP contribution in [0.3, 0.4) is 0 Å². The first-order chi connectivity index (χ1) is 12.8. The molecule has 0 aliphatic carbocycles. The van der Waals surface area contributed by atoms with Crippen LogP contribution in [0.4, 0.5) is 0 Å². The van der Waals surface area contributed by atoms with E-state index in [9.17, 15) is 23.1 Å². The molecule has 1 aromatic carbocycles. The predicted molar refractivity (Wildman–Crippen MR) is 99.1 cm³/mol. The Morgan fingerprint density at radius 2 is 2.04 bits per heavy atom. The number of ether oxygens (including phenoxy) is 1. The highest BCUT2D eigenvalue weighted by molar-refractivity contribution is 7.89. The number of carboxylic acids is 1. The second-order valence-electron chi connectivity index (χ2n) is 6.23. The summed E-state index contributed by atoms with van der Waals surface area (Å²) >= 11 is 0. The van der Waals surface area contributed by atoms with Gasteiger partial charge in [0.25, 0.3) is 5.91 Å². The Bertz CT molecular complexity index is 815. The average molecular weight is 396 g/mol. The normalized spacial score (nSPS) is 16.5. The molecule has 1 fully saturated rings. The molecule has 0 bridgehead atoms. The van der Waals surface area contributed by atoms with E-state index in [-0.39, 0.29) is 30.0 Å². The van der Waals surface area contributed by atoms with E-state index in [1.54, 1.807) is 19.1 Å². The minimum Gasteiger partial charge on any atom is -0.480 e. The van der Waals surface area contributed by atoms with Gasteiger partial charge >= 0.3 is 5.97 Å². The number of nitrogens with zero attached hydrogens (tertiary/aromatic N) is 1. The molecule has 9 heteroatoms. The highest BCUT2D eigenvalue weighted by Crippen LogP contribution is 2.22. The molecular formula is C18H24N2O6S. The van der Waals surface area contributed by atoms with Gasteiger partial charge in [-0.25, -0.2) is 13.2 Å². The SMILES string of the molecule is C=CCCC(NC(=O)c1ccc(C)c(S(=O)(=O)N2CCOCC2)c1)C(=O)O. The fourth-order valence-corrected chi connectivity index (χ4v) is 4.39. The topological polar surface area (TPSA) is 113 Å². The van der Waals surface area contributed by atoms with Crippen molar-refractivity contribution < 1.29 is 27.9 Å². The van der Waals surface area contributed by atoms with Gasteiger partial charge in [0.1, 0.15) is 6.04 Å². The van der Waals surface area contributed by atoms with Gasteiger partial charge in [-0.15, -0.1) is 6.58 Å². The number of morpholine rings is 1. The number of hydrogen-bond donors (Lipinski definition) is 2. The maximum Gasteiger partial charge on any atom is 0.326 e. The van der Waals surface area contributed by atoms with Crippen LogP contribution >= 0.6 is 0 Å². The molecule has 2 N–H and O–H groups in total. The maximum atomic E-state index is 12.9. The summed E-state index contributed by atoms with van der Waals surface area (Å²) in [6, 6.07) is 3.25. The van der Waals surface area contributed by atoms with Crippen molar-refractivity contribution in [1.29, 1.82) is 0 Å². The molecule has 8 nitrogen and oxygen atoms in total. The van der Waals surface area contributed by atoms with E-state index < -0.39 is 27.9 Å². The Balaban J connectivity index is 2.26. The van der Waals surface area contributed by atoms with Crippen molar-refractivity contribution in [3.63, 3.8) is 0 Å². The Morgan fingerprint density at radius 1 is 1.37 bits per heavy atom. The number of aliphatic carboxylic acids is 1. The molecule has 0 radical (unpaired) electrons. The molecular weight excluding hydrogens is 372 g/mol. The van der Waals surface area contributed by atoms with Crippen molar-refractivity contribution in [3.8, 4) is 0 Å².